The number of hydrogen-bond donors (Lipinski definition) is 0. The summed E-state index contributed by atoms with van der Waals surface area (Å²) in [4.78, 5) is 28.7. The van der Waals surface area contributed by atoms with Gasteiger partial charge in [0.15, 0.2) is 0 Å². The van der Waals surface area contributed by atoms with Crippen molar-refractivity contribution >= 4 is 50.0 Å². The number of hydrogen-bond acceptors (Lipinski definition) is 3. The minimum Gasteiger partial charge on any atom is -0.285 e. The second-order valence-electron chi connectivity index (χ2n) is 4.97. The van der Waals surface area contributed by atoms with E-state index in [1.807, 2.05) is 0 Å². The van der Waals surface area contributed by atoms with Crippen molar-refractivity contribution in [1.29, 1.82) is 0 Å². The van der Waals surface area contributed by atoms with Crippen LogP contribution in [0.5, 0.6) is 0 Å². The van der Waals surface area contributed by atoms with E-state index in [-0.39, 0.29) is 5.56 Å². The summed E-state index contributed by atoms with van der Waals surface area (Å²) in [6.07, 6.45) is 1.60. The SMILES string of the molecule is O=C(C(=O)c1cc(Cl)c(F)cc1F)c1ccc2ncc(Br)cc2c1. The van der Waals surface area contributed by atoms with Crippen LogP contribution >= 0.6 is 27.5 Å². The highest BCUT2D eigenvalue weighted by atomic mass is 79.9. The molecule has 0 atom stereocenters. The number of rotatable bonds is 3. The molecule has 0 spiro atoms. The zero-order valence-electron chi connectivity index (χ0n) is 11.8. The standard InChI is InChI=1S/C17H7BrClF2NO2/c18-10-4-9-3-8(1-2-15(9)22-7-10)16(23)17(24)11-5-12(19)14(21)6-13(11)20/h1-7H. The second-order valence-corrected chi connectivity index (χ2v) is 6.29. The number of nitrogens with zero attached hydrogens (tertiary/aromatic N) is 1. The van der Waals surface area contributed by atoms with E-state index < -0.39 is 33.8 Å². The lowest BCUT2D eigenvalue weighted by molar-refractivity contribution is 0.0814. The van der Waals surface area contributed by atoms with Crippen LogP contribution in [0.15, 0.2) is 47.1 Å². The van der Waals surface area contributed by atoms with Gasteiger partial charge in [0, 0.05) is 27.7 Å². The largest absolute Gasteiger partial charge is 0.285 e. The van der Waals surface area contributed by atoms with Gasteiger partial charge in [0.05, 0.1) is 16.1 Å². The number of aromatic nitrogens is 1. The summed E-state index contributed by atoms with van der Waals surface area (Å²) in [5.41, 5.74) is 0.143. The first-order chi connectivity index (χ1) is 11.4. The minimum atomic E-state index is -1.14. The van der Waals surface area contributed by atoms with Crippen molar-refractivity contribution in [3.05, 3.63) is 74.9 Å². The van der Waals surface area contributed by atoms with Crippen LogP contribution in [-0.2, 0) is 0 Å². The maximum absolute atomic E-state index is 13.8. The molecule has 0 saturated heterocycles. The van der Waals surface area contributed by atoms with Crippen LogP contribution in [0, 0.1) is 11.6 Å². The lowest BCUT2D eigenvalue weighted by Crippen LogP contribution is -2.16. The van der Waals surface area contributed by atoms with Crippen molar-refractivity contribution < 1.29 is 18.4 Å². The fourth-order valence-corrected chi connectivity index (χ4v) is 2.71. The molecule has 0 N–H and O–H groups in total. The first-order valence-corrected chi connectivity index (χ1v) is 7.83. The lowest BCUT2D eigenvalue weighted by atomic mass is 9.99. The van der Waals surface area contributed by atoms with Gasteiger partial charge in [-0.1, -0.05) is 11.6 Å². The third-order valence-corrected chi connectivity index (χ3v) is 4.09. The lowest BCUT2D eigenvalue weighted by Gasteiger charge is -2.05. The fourth-order valence-electron chi connectivity index (χ4n) is 2.20. The summed E-state index contributed by atoms with van der Waals surface area (Å²) in [5, 5.41) is 0.208. The van der Waals surface area contributed by atoms with Gasteiger partial charge in [-0.2, -0.15) is 0 Å². The monoisotopic (exact) mass is 409 g/mol. The van der Waals surface area contributed by atoms with Crippen molar-refractivity contribution in [2.45, 2.75) is 0 Å². The molecule has 0 bridgehead atoms. The van der Waals surface area contributed by atoms with Gasteiger partial charge < -0.3 is 0 Å². The molecule has 0 amide bonds. The molecule has 24 heavy (non-hydrogen) atoms. The van der Waals surface area contributed by atoms with Crippen molar-refractivity contribution in [3.8, 4) is 0 Å². The molecule has 7 heteroatoms. The molecule has 0 aliphatic heterocycles. The van der Waals surface area contributed by atoms with E-state index in [1.54, 1.807) is 18.3 Å². The van der Waals surface area contributed by atoms with E-state index in [9.17, 15) is 18.4 Å². The van der Waals surface area contributed by atoms with Gasteiger partial charge in [-0.25, -0.2) is 8.78 Å². The summed E-state index contributed by atoms with van der Waals surface area (Å²) in [6.45, 7) is 0. The summed E-state index contributed by atoms with van der Waals surface area (Å²) in [7, 11) is 0. The van der Waals surface area contributed by atoms with Crippen molar-refractivity contribution in [1.82, 2.24) is 4.98 Å². The summed E-state index contributed by atoms with van der Waals surface area (Å²) in [5.74, 6) is -4.16. The quantitative estimate of drug-likeness (QED) is 0.347. The molecule has 2 aromatic carbocycles. The highest BCUT2D eigenvalue weighted by Gasteiger charge is 2.23. The topological polar surface area (TPSA) is 47.0 Å². The van der Waals surface area contributed by atoms with E-state index in [2.05, 4.69) is 20.9 Å². The Morgan fingerprint density at radius 3 is 2.50 bits per heavy atom. The fraction of sp³-hybridized carbons (Fsp3) is 0. The van der Waals surface area contributed by atoms with E-state index in [4.69, 9.17) is 11.6 Å². The Hall–Kier alpha value is -2.18. The Labute approximate surface area is 148 Å². The highest BCUT2D eigenvalue weighted by molar-refractivity contribution is 9.10. The van der Waals surface area contributed by atoms with Gasteiger partial charge in [0.1, 0.15) is 11.6 Å². The molecule has 0 unspecified atom stereocenters. The normalized spacial score (nSPS) is 10.8. The maximum Gasteiger partial charge on any atom is 0.236 e. The van der Waals surface area contributed by atoms with E-state index in [1.165, 1.54) is 12.1 Å². The Bertz CT molecular complexity index is 1010. The first-order valence-electron chi connectivity index (χ1n) is 6.65. The Balaban J connectivity index is 2.02. The molecule has 0 saturated carbocycles. The van der Waals surface area contributed by atoms with Gasteiger partial charge in [-0.05, 0) is 46.3 Å². The number of carbonyl (C=O) groups is 2. The predicted octanol–water partition coefficient (Wildman–Crippen LogP) is 4.99. The van der Waals surface area contributed by atoms with E-state index in [0.717, 1.165) is 6.07 Å². The molecule has 0 aliphatic carbocycles. The average Bonchev–Trinajstić information content (AvgIpc) is 2.56. The van der Waals surface area contributed by atoms with Crippen molar-refractivity contribution in [2.75, 3.05) is 0 Å². The summed E-state index contributed by atoms with van der Waals surface area (Å²) in [6, 6.07) is 7.51. The van der Waals surface area contributed by atoms with Crippen molar-refractivity contribution in [3.63, 3.8) is 0 Å². The smallest absolute Gasteiger partial charge is 0.236 e. The van der Waals surface area contributed by atoms with Gasteiger partial charge >= 0.3 is 0 Å². The van der Waals surface area contributed by atoms with Gasteiger partial charge in [0.2, 0.25) is 11.6 Å². The number of benzene rings is 2. The third kappa shape index (κ3) is 3.07. The molecule has 0 fully saturated rings. The molecule has 120 valence electrons. The molecular formula is C17H7BrClF2NO2. The zero-order chi connectivity index (χ0) is 17.4. The van der Waals surface area contributed by atoms with Crippen LogP contribution in [0.3, 0.4) is 0 Å². The molecule has 1 heterocycles. The van der Waals surface area contributed by atoms with Crippen LogP contribution in [0.1, 0.15) is 20.7 Å². The number of carbonyl (C=O) groups excluding carboxylic acids is 2. The molecule has 3 nitrogen and oxygen atoms in total. The van der Waals surface area contributed by atoms with Crippen LogP contribution < -0.4 is 0 Å². The Kier molecular flexibility index (Phi) is 4.43. The van der Waals surface area contributed by atoms with Gasteiger partial charge in [-0.15, -0.1) is 0 Å². The zero-order valence-corrected chi connectivity index (χ0v) is 14.2. The number of fused-ring (bicyclic) bond motifs is 1. The number of pyridine rings is 1. The highest BCUT2D eigenvalue weighted by Crippen LogP contribution is 2.23. The number of ketones is 2. The molecule has 0 aliphatic rings. The van der Waals surface area contributed by atoms with Crippen LogP contribution in [-0.4, -0.2) is 16.6 Å². The molecule has 0 radical (unpaired) electrons. The van der Waals surface area contributed by atoms with E-state index >= 15 is 0 Å². The van der Waals surface area contributed by atoms with Gasteiger partial charge in [-0.3, -0.25) is 14.6 Å². The first kappa shape index (κ1) is 16.7. The van der Waals surface area contributed by atoms with Crippen LogP contribution in [0.4, 0.5) is 8.78 Å². The summed E-state index contributed by atoms with van der Waals surface area (Å²) < 4.78 is 27.7. The maximum atomic E-state index is 13.8. The summed E-state index contributed by atoms with van der Waals surface area (Å²) >= 11 is 8.83. The second kappa shape index (κ2) is 6.37. The van der Waals surface area contributed by atoms with E-state index in [0.29, 0.717) is 21.4 Å². The Morgan fingerprint density at radius 2 is 1.75 bits per heavy atom. The minimum absolute atomic E-state index is 0.0762. The predicted molar refractivity (Wildman–Crippen MR) is 89.5 cm³/mol. The molecule has 3 rings (SSSR count). The number of Topliss-reactive ketones (excluding diaryl/α,β-unsaturated/α-hetero) is 2. The average molecular weight is 411 g/mol. The third-order valence-electron chi connectivity index (χ3n) is 3.37. The van der Waals surface area contributed by atoms with Crippen LogP contribution in [0.2, 0.25) is 5.02 Å². The molecule has 3 aromatic rings. The van der Waals surface area contributed by atoms with Crippen LogP contribution in [0.25, 0.3) is 10.9 Å². The number of halogens is 4. The Morgan fingerprint density at radius 1 is 1.00 bits per heavy atom. The van der Waals surface area contributed by atoms with Crippen molar-refractivity contribution in [2.24, 2.45) is 0 Å². The molecular weight excluding hydrogens is 404 g/mol. The van der Waals surface area contributed by atoms with Gasteiger partial charge in [0.25, 0.3) is 0 Å². The molecule has 1 aromatic heterocycles.